The number of aromatic nitrogens is 3. The summed E-state index contributed by atoms with van der Waals surface area (Å²) in [5.74, 6) is 0.803. The van der Waals surface area contributed by atoms with Gasteiger partial charge in [0.1, 0.15) is 5.75 Å². The molecule has 0 amide bonds. The van der Waals surface area contributed by atoms with E-state index in [0.717, 1.165) is 22.6 Å². The van der Waals surface area contributed by atoms with Gasteiger partial charge in [-0.05, 0) is 49.7 Å². The Hall–Kier alpha value is -2.91. The Labute approximate surface area is 166 Å². The summed E-state index contributed by atoms with van der Waals surface area (Å²) in [5, 5.41) is 6.27. The molecule has 0 spiro atoms. The highest BCUT2D eigenvalue weighted by molar-refractivity contribution is 7.92. The summed E-state index contributed by atoms with van der Waals surface area (Å²) in [6, 6.07) is 12.7. The summed E-state index contributed by atoms with van der Waals surface area (Å²) >= 11 is 1.39. The lowest BCUT2D eigenvalue weighted by atomic mass is 10.2. The zero-order chi connectivity index (χ0) is 19.9. The monoisotopic (exact) mass is 414 g/mol. The molecule has 0 saturated heterocycles. The van der Waals surface area contributed by atoms with Crippen molar-refractivity contribution in [3.8, 4) is 17.0 Å². The molecule has 0 aliphatic rings. The van der Waals surface area contributed by atoms with Gasteiger partial charge in [-0.1, -0.05) is 17.7 Å². The molecule has 2 aromatic heterocycles. The molecule has 2 aromatic carbocycles. The molecule has 0 fully saturated rings. The number of fused-ring (bicyclic) bond motifs is 1. The molecule has 0 atom stereocenters. The maximum atomic E-state index is 12.7. The Bertz CT molecular complexity index is 1260. The summed E-state index contributed by atoms with van der Waals surface area (Å²) in [5.41, 5.74) is 3.43. The summed E-state index contributed by atoms with van der Waals surface area (Å²) in [4.78, 5) is 5.12. The average Bonchev–Trinajstić information content (AvgIpc) is 3.21. The number of ether oxygens (including phenoxy) is 1. The predicted octanol–water partition coefficient (Wildman–Crippen LogP) is 3.88. The second-order valence-electron chi connectivity index (χ2n) is 6.35. The highest BCUT2D eigenvalue weighted by Crippen LogP contribution is 2.28. The molecule has 0 radical (unpaired) electrons. The lowest BCUT2D eigenvalue weighted by Crippen LogP contribution is -2.15. The van der Waals surface area contributed by atoms with Crippen molar-refractivity contribution in [3.05, 3.63) is 59.0 Å². The number of aryl methyl sites for hydroxylation is 2. The molecule has 0 aliphatic heterocycles. The molecule has 4 rings (SSSR count). The molecule has 7 nitrogen and oxygen atoms in total. The quantitative estimate of drug-likeness (QED) is 0.536. The summed E-state index contributed by atoms with van der Waals surface area (Å²) in [6.07, 6.45) is 0. The molecule has 0 aliphatic carbocycles. The summed E-state index contributed by atoms with van der Waals surface area (Å²) < 4.78 is 34.8. The van der Waals surface area contributed by atoms with Crippen LogP contribution in [0.1, 0.15) is 11.1 Å². The van der Waals surface area contributed by atoms with Gasteiger partial charge in [0.25, 0.3) is 16.0 Å². The molecule has 4 aromatic rings. The number of benzene rings is 2. The molecule has 2 heterocycles. The smallest absolute Gasteiger partial charge is 0.264 e. The Kier molecular flexibility index (Phi) is 4.56. The van der Waals surface area contributed by atoms with Gasteiger partial charge in [-0.15, -0.1) is 16.4 Å². The minimum Gasteiger partial charge on any atom is -0.497 e. The van der Waals surface area contributed by atoms with Gasteiger partial charge in [-0.25, -0.2) is 17.7 Å². The number of sulfonamides is 1. The molecular weight excluding hydrogens is 396 g/mol. The number of hydrogen-bond acceptors (Lipinski definition) is 6. The molecule has 1 N–H and O–H groups in total. The number of nitrogens with zero attached hydrogens (tertiary/aromatic N) is 3. The van der Waals surface area contributed by atoms with Crippen molar-refractivity contribution in [1.82, 2.24) is 14.6 Å². The number of rotatable bonds is 5. The van der Waals surface area contributed by atoms with Gasteiger partial charge in [0.2, 0.25) is 4.96 Å². The first-order chi connectivity index (χ1) is 13.4. The SMILES string of the molecule is COc1ccc(-c2csc3nc(NS(=O)(=O)c4ccc(C)cc4C)nn23)cc1. The van der Waals surface area contributed by atoms with E-state index in [0.29, 0.717) is 10.5 Å². The Morgan fingerprint density at radius 1 is 1.11 bits per heavy atom. The third-order valence-corrected chi connectivity index (χ3v) is 6.62. The molecule has 0 bridgehead atoms. The van der Waals surface area contributed by atoms with Gasteiger partial charge in [-0.3, -0.25) is 0 Å². The van der Waals surface area contributed by atoms with Crippen molar-refractivity contribution in [2.24, 2.45) is 0 Å². The Balaban J connectivity index is 1.68. The van der Waals surface area contributed by atoms with E-state index in [1.165, 1.54) is 11.3 Å². The molecule has 0 unspecified atom stereocenters. The molecule has 28 heavy (non-hydrogen) atoms. The molecular formula is C19H18N4O3S2. The first kappa shape index (κ1) is 18.5. The fourth-order valence-corrected chi connectivity index (χ4v) is 4.96. The number of nitrogens with one attached hydrogen (secondary N) is 1. The van der Waals surface area contributed by atoms with Gasteiger partial charge in [-0.2, -0.15) is 4.98 Å². The van der Waals surface area contributed by atoms with Crippen LogP contribution in [0.5, 0.6) is 5.75 Å². The highest BCUT2D eigenvalue weighted by atomic mass is 32.2. The van der Waals surface area contributed by atoms with E-state index in [9.17, 15) is 8.42 Å². The molecule has 9 heteroatoms. The minimum atomic E-state index is -3.77. The van der Waals surface area contributed by atoms with Crippen LogP contribution in [0, 0.1) is 13.8 Å². The predicted molar refractivity (Wildman–Crippen MR) is 110 cm³/mol. The maximum Gasteiger partial charge on any atom is 0.264 e. The standard InChI is InChI=1S/C19H18N4O3S2/c1-12-4-9-17(13(2)10-12)28(24,25)22-18-20-19-23(21-18)16(11-27-19)14-5-7-15(26-3)8-6-14/h4-11H,1-3H3,(H,21,22). The van der Waals surface area contributed by atoms with Crippen molar-refractivity contribution >= 4 is 32.3 Å². The maximum absolute atomic E-state index is 12.7. The van der Waals surface area contributed by atoms with Crippen LogP contribution in [0.25, 0.3) is 16.2 Å². The van der Waals surface area contributed by atoms with Crippen LogP contribution in [0.4, 0.5) is 5.95 Å². The van der Waals surface area contributed by atoms with Crippen molar-refractivity contribution in [3.63, 3.8) is 0 Å². The van der Waals surface area contributed by atoms with Crippen LogP contribution in [0.2, 0.25) is 0 Å². The number of anilines is 1. The van der Waals surface area contributed by atoms with E-state index in [4.69, 9.17) is 4.74 Å². The zero-order valence-electron chi connectivity index (χ0n) is 15.5. The van der Waals surface area contributed by atoms with Crippen LogP contribution in [-0.4, -0.2) is 30.1 Å². The van der Waals surface area contributed by atoms with Gasteiger partial charge in [0.05, 0.1) is 17.7 Å². The average molecular weight is 415 g/mol. The first-order valence-electron chi connectivity index (χ1n) is 8.46. The van der Waals surface area contributed by atoms with Gasteiger partial charge in [0, 0.05) is 10.9 Å². The first-order valence-corrected chi connectivity index (χ1v) is 10.8. The summed E-state index contributed by atoms with van der Waals surface area (Å²) in [7, 11) is -2.16. The minimum absolute atomic E-state index is 0.0431. The third kappa shape index (κ3) is 3.34. The van der Waals surface area contributed by atoms with Gasteiger partial charge in [0.15, 0.2) is 0 Å². The van der Waals surface area contributed by atoms with E-state index < -0.39 is 10.0 Å². The highest BCUT2D eigenvalue weighted by Gasteiger charge is 2.20. The van der Waals surface area contributed by atoms with Crippen molar-refractivity contribution in [2.45, 2.75) is 18.7 Å². The lowest BCUT2D eigenvalue weighted by Gasteiger charge is -2.08. The lowest BCUT2D eigenvalue weighted by molar-refractivity contribution is 0.415. The van der Waals surface area contributed by atoms with E-state index in [1.54, 1.807) is 30.7 Å². The zero-order valence-corrected chi connectivity index (χ0v) is 17.1. The van der Waals surface area contributed by atoms with Crippen LogP contribution in [-0.2, 0) is 10.0 Å². The van der Waals surface area contributed by atoms with E-state index in [-0.39, 0.29) is 10.8 Å². The van der Waals surface area contributed by atoms with E-state index in [2.05, 4.69) is 14.8 Å². The van der Waals surface area contributed by atoms with Crippen molar-refractivity contribution < 1.29 is 13.2 Å². The van der Waals surface area contributed by atoms with E-state index in [1.807, 2.05) is 42.6 Å². The second kappa shape index (κ2) is 6.92. The number of thiazole rings is 1. The van der Waals surface area contributed by atoms with Crippen LogP contribution in [0.3, 0.4) is 0 Å². The molecule has 144 valence electrons. The van der Waals surface area contributed by atoms with E-state index >= 15 is 0 Å². The number of methoxy groups -OCH3 is 1. The largest absolute Gasteiger partial charge is 0.497 e. The fraction of sp³-hybridized carbons (Fsp3) is 0.158. The fourth-order valence-electron chi connectivity index (χ4n) is 2.96. The Morgan fingerprint density at radius 2 is 1.86 bits per heavy atom. The van der Waals surface area contributed by atoms with Crippen LogP contribution in [0.15, 0.2) is 52.7 Å². The van der Waals surface area contributed by atoms with Crippen LogP contribution >= 0.6 is 11.3 Å². The van der Waals surface area contributed by atoms with Crippen molar-refractivity contribution in [2.75, 3.05) is 11.8 Å². The second-order valence-corrected chi connectivity index (χ2v) is 8.84. The van der Waals surface area contributed by atoms with Crippen LogP contribution < -0.4 is 9.46 Å². The Morgan fingerprint density at radius 3 is 2.54 bits per heavy atom. The third-order valence-electron chi connectivity index (χ3n) is 4.31. The topological polar surface area (TPSA) is 85.6 Å². The summed E-state index contributed by atoms with van der Waals surface area (Å²) in [6.45, 7) is 3.69. The van der Waals surface area contributed by atoms with Gasteiger partial charge < -0.3 is 4.74 Å². The van der Waals surface area contributed by atoms with Gasteiger partial charge >= 0.3 is 0 Å². The number of hydrogen-bond donors (Lipinski definition) is 1. The molecule has 0 saturated carbocycles. The normalized spacial score (nSPS) is 11.7. The van der Waals surface area contributed by atoms with Crippen molar-refractivity contribution in [1.29, 1.82) is 0 Å².